The average Bonchev–Trinajstić information content (AvgIpc) is 2.93. The van der Waals surface area contributed by atoms with E-state index < -0.39 is 97.5 Å². The number of phosphoric acid groups is 2. The Balaban J connectivity index is 5.22. The van der Waals surface area contributed by atoms with Gasteiger partial charge in [0.25, 0.3) is 0 Å². The van der Waals surface area contributed by atoms with Crippen molar-refractivity contribution >= 4 is 39.5 Å². The number of phosphoric ester groups is 2. The van der Waals surface area contributed by atoms with Gasteiger partial charge in [-0.15, -0.1) is 0 Å². The normalized spacial score (nSPS) is 13.9. The van der Waals surface area contributed by atoms with Gasteiger partial charge in [0.1, 0.15) is 19.3 Å². The van der Waals surface area contributed by atoms with Gasteiger partial charge in [-0.2, -0.15) is 0 Å². The van der Waals surface area contributed by atoms with E-state index in [1.165, 1.54) is 225 Å². The monoisotopic (exact) mass is 1400 g/mol. The molecule has 0 aromatic rings. The molecule has 0 amide bonds. The molecule has 0 rings (SSSR count). The summed E-state index contributed by atoms with van der Waals surface area (Å²) in [4.78, 5) is 72.8. The van der Waals surface area contributed by atoms with Gasteiger partial charge in [-0.3, -0.25) is 37.3 Å². The first-order chi connectivity index (χ1) is 46.0. The van der Waals surface area contributed by atoms with Crippen LogP contribution >= 0.6 is 15.6 Å². The smallest absolute Gasteiger partial charge is 0.462 e. The highest BCUT2D eigenvalue weighted by Crippen LogP contribution is 2.45. The second-order valence-corrected chi connectivity index (χ2v) is 30.8. The van der Waals surface area contributed by atoms with Crippen LogP contribution in [0.2, 0.25) is 0 Å². The lowest BCUT2D eigenvalue weighted by molar-refractivity contribution is -0.161. The summed E-state index contributed by atoms with van der Waals surface area (Å²) < 4.78 is 68.5. The fraction of sp³-hybridized carbons (Fsp3) is 0.947. The van der Waals surface area contributed by atoms with Crippen molar-refractivity contribution < 1.29 is 80.2 Å². The van der Waals surface area contributed by atoms with Crippen LogP contribution in [-0.2, 0) is 65.4 Å². The number of ether oxygens (including phenoxy) is 4. The summed E-state index contributed by atoms with van der Waals surface area (Å²) >= 11 is 0. The van der Waals surface area contributed by atoms with Gasteiger partial charge in [0.05, 0.1) is 26.4 Å². The second kappa shape index (κ2) is 69.2. The molecule has 0 aromatic heterocycles. The number of hydrogen-bond donors (Lipinski definition) is 3. The summed E-state index contributed by atoms with van der Waals surface area (Å²) in [5.41, 5.74) is 0. The first kappa shape index (κ1) is 93.1. The van der Waals surface area contributed by atoms with Crippen molar-refractivity contribution in [2.75, 3.05) is 39.6 Å². The van der Waals surface area contributed by atoms with Crippen molar-refractivity contribution in [3.63, 3.8) is 0 Å². The van der Waals surface area contributed by atoms with Gasteiger partial charge in [0, 0.05) is 25.7 Å². The Bertz CT molecular complexity index is 1820. The van der Waals surface area contributed by atoms with Crippen molar-refractivity contribution in [3.8, 4) is 0 Å². The zero-order chi connectivity index (χ0) is 69.8. The minimum atomic E-state index is -4.96. The molecule has 2 unspecified atom stereocenters. The topological polar surface area (TPSA) is 237 Å². The van der Waals surface area contributed by atoms with Crippen LogP contribution < -0.4 is 0 Å². The molecule has 19 heteroatoms. The Morgan fingerprint density at radius 2 is 0.484 bits per heavy atom. The summed E-state index contributed by atoms with van der Waals surface area (Å²) in [6, 6.07) is 0. The minimum Gasteiger partial charge on any atom is -0.462 e. The Morgan fingerprint density at radius 3 is 0.716 bits per heavy atom. The molecule has 564 valence electrons. The number of rotatable bonds is 76. The zero-order valence-electron chi connectivity index (χ0n) is 61.8. The molecule has 3 N–H and O–H groups in total. The van der Waals surface area contributed by atoms with Gasteiger partial charge in [0.15, 0.2) is 12.2 Å². The largest absolute Gasteiger partial charge is 0.472 e. The van der Waals surface area contributed by atoms with E-state index in [4.69, 9.17) is 37.0 Å². The lowest BCUT2D eigenvalue weighted by atomic mass is 10.0. The number of unbranched alkanes of at least 4 members (excludes halogenated alkanes) is 48. The van der Waals surface area contributed by atoms with Crippen LogP contribution in [0, 0.1) is 5.92 Å². The van der Waals surface area contributed by atoms with E-state index in [1.807, 2.05) is 0 Å². The molecule has 0 spiro atoms. The highest BCUT2D eigenvalue weighted by molar-refractivity contribution is 7.47. The predicted octanol–water partition coefficient (Wildman–Crippen LogP) is 22.5. The fourth-order valence-corrected chi connectivity index (χ4v) is 13.3. The van der Waals surface area contributed by atoms with E-state index in [1.54, 1.807) is 0 Å². The SMILES string of the molecule is CCCCCCCCCCCCCCCCCCCCC(=O)O[C@H](COC(=O)CCCCCCCCCCCCCC(C)C)COP(=O)(O)OC[C@@H](O)COP(=O)(O)OC[C@@H](COC(=O)CCCCCCCCCCC)OC(=O)CCCCCCCCCCCCCCCC. The lowest BCUT2D eigenvalue weighted by Crippen LogP contribution is -2.30. The highest BCUT2D eigenvalue weighted by Gasteiger charge is 2.30. The highest BCUT2D eigenvalue weighted by atomic mass is 31.2. The Hall–Kier alpha value is -1.94. The molecule has 95 heavy (non-hydrogen) atoms. The summed E-state index contributed by atoms with van der Waals surface area (Å²) in [6.45, 7) is 7.29. The first-order valence-electron chi connectivity index (χ1n) is 39.6. The third kappa shape index (κ3) is 70.3. The van der Waals surface area contributed by atoms with Crippen molar-refractivity contribution in [1.82, 2.24) is 0 Å². The maximum Gasteiger partial charge on any atom is 0.472 e. The maximum absolute atomic E-state index is 13.1. The van der Waals surface area contributed by atoms with Gasteiger partial charge in [-0.25, -0.2) is 9.13 Å². The standard InChI is InChI=1S/C76H148O17P2/c1-6-9-12-15-18-21-23-25-27-28-29-30-32-36-42-47-52-57-62-76(81)93-72(66-87-74(79)60-55-50-45-40-37-33-34-39-43-48-53-58-69(4)5)68-91-95(84,85)89-64-70(77)63-88-94(82,83)90-67-71(65-86-73(78)59-54-49-44-38-20-17-14-11-8-3)92-75(80)61-56-51-46-41-35-31-26-24-22-19-16-13-10-7-2/h69-72,77H,6-68H2,1-5H3,(H,82,83)(H,84,85)/t70-,71+,72+/m0/s1. The van der Waals surface area contributed by atoms with E-state index in [2.05, 4.69) is 34.6 Å². The van der Waals surface area contributed by atoms with Gasteiger partial charge >= 0.3 is 39.5 Å². The number of carbonyl (C=O) groups is 4. The molecule has 0 heterocycles. The Labute approximate surface area is 581 Å². The molecule has 0 bridgehead atoms. The lowest BCUT2D eigenvalue weighted by Gasteiger charge is -2.21. The Kier molecular flexibility index (Phi) is 67.7. The molecule has 0 radical (unpaired) electrons. The van der Waals surface area contributed by atoms with Crippen molar-refractivity contribution in [3.05, 3.63) is 0 Å². The van der Waals surface area contributed by atoms with Crippen LogP contribution in [0.5, 0.6) is 0 Å². The summed E-state index contributed by atoms with van der Waals surface area (Å²) in [6.07, 6.45) is 58.2. The zero-order valence-corrected chi connectivity index (χ0v) is 63.6. The van der Waals surface area contributed by atoms with Gasteiger partial charge in [-0.05, 0) is 31.6 Å². The van der Waals surface area contributed by atoms with Crippen LogP contribution in [-0.4, -0.2) is 96.7 Å². The third-order valence-electron chi connectivity index (χ3n) is 17.8. The summed E-state index contributed by atoms with van der Waals surface area (Å²) in [5.74, 6) is -1.34. The third-order valence-corrected chi connectivity index (χ3v) is 19.7. The molecule has 0 aliphatic rings. The van der Waals surface area contributed by atoms with Crippen LogP contribution in [0.3, 0.4) is 0 Å². The number of hydrogen-bond acceptors (Lipinski definition) is 15. The average molecular weight is 1400 g/mol. The molecule has 0 saturated carbocycles. The summed E-state index contributed by atoms with van der Waals surface area (Å²) in [5, 5.41) is 10.6. The molecular formula is C76H148O17P2. The van der Waals surface area contributed by atoms with Crippen molar-refractivity contribution in [2.24, 2.45) is 5.92 Å². The fourth-order valence-electron chi connectivity index (χ4n) is 11.7. The number of carbonyl (C=O) groups excluding carboxylic acids is 4. The van der Waals surface area contributed by atoms with Crippen LogP contribution in [0.15, 0.2) is 0 Å². The number of aliphatic hydroxyl groups excluding tert-OH is 1. The van der Waals surface area contributed by atoms with E-state index in [0.29, 0.717) is 25.7 Å². The van der Waals surface area contributed by atoms with E-state index in [-0.39, 0.29) is 25.7 Å². The minimum absolute atomic E-state index is 0.108. The molecule has 0 aliphatic heterocycles. The molecule has 0 aliphatic carbocycles. The second-order valence-electron chi connectivity index (χ2n) is 27.9. The van der Waals surface area contributed by atoms with Crippen LogP contribution in [0.1, 0.15) is 401 Å². The first-order valence-corrected chi connectivity index (χ1v) is 42.6. The van der Waals surface area contributed by atoms with Crippen LogP contribution in [0.25, 0.3) is 0 Å². The molecule has 0 saturated heterocycles. The number of aliphatic hydroxyl groups is 1. The van der Waals surface area contributed by atoms with Crippen molar-refractivity contribution in [2.45, 2.75) is 419 Å². The van der Waals surface area contributed by atoms with Gasteiger partial charge in [0.2, 0.25) is 0 Å². The molecule has 0 aromatic carbocycles. The molecule has 17 nitrogen and oxygen atoms in total. The van der Waals surface area contributed by atoms with E-state index in [9.17, 15) is 43.2 Å². The quantitative estimate of drug-likeness (QED) is 0.0222. The number of esters is 4. The predicted molar refractivity (Wildman–Crippen MR) is 386 cm³/mol. The molecule has 0 fully saturated rings. The van der Waals surface area contributed by atoms with Gasteiger partial charge < -0.3 is 33.8 Å². The van der Waals surface area contributed by atoms with Gasteiger partial charge in [-0.1, -0.05) is 349 Å². The maximum atomic E-state index is 13.1. The van der Waals surface area contributed by atoms with Crippen molar-refractivity contribution in [1.29, 1.82) is 0 Å². The Morgan fingerprint density at radius 1 is 0.284 bits per heavy atom. The van der Waals surface area contributed by atoms with E-state index >= 15 is 0 Å². The molecule has 5 atom stereocenters. The van der Waals surface area contributed by atoms with E-state index in [0.717, 1.165) is 95.8 Å². The molecular weight excluding hydrogens is 1250 g/mol. The summed E-state index contributed by atoms with van der Waals surface area (Å²) in [7, 11) is -9.91. The van der Waals surface area contributed by atoms with Crippen LogP contribution in [0.4, 0.5) is 0 Å².